The van der Waals surface area contributed by atoms with E-state index in [1.807, 2.05) is 24.1 Å². The molecule has 3 saturated carbocycles. The van der Waals surface area contributed by atoms with Crippen molar-refractivity contribution < 1.29 is 9.59 Å². The van der Waals surface area contributed by atoms with Crippen LogP contribution in [0.2, 0.25) is 0 Å². The average Bonchev–Trinajstić information content (AvgIpc) is 3.45. The second-order valence-corrected chi connectivity index (χ2v) is 12.5. The highest BCUT2D eigenvalue weighted by Gasteiger charge is 2.60. The van der Waals surface area contributed by atoms with Gasteiger partial charge in [0.05, 0.1) is 17.6 Å². The van der Waals surface area contributed by atoms with Crippen molar-refractivity contribution in [2.75, 3.05) is 17.7 Å². The van der Waals surface area contributed by atoms with Gasteiger partial charge in [-0.3, -0.25) is 15.1 Å². The number of likely N-dealkylation sites (N-methyl/N-ethyl adjacent to an activating group) is 1. The van der Waals surface area contributed by atoms with Gasteiger partial charge in [0.2, 0.25) is 5.91 Å². The first kappa shape index (κ1) is 23.6. The van der Waals surface area contributed by atoms with Crippen LogP contribution in [-0.2, 0) is 4.79 Å². The zero-order valence-corrected chi connectivity index (χ0v) is 22.1. The first-order valence-electron chi connectivity index (χ1n) is 13.2. The molecule has 3 amide bonds. The lowest BCUT2D eigenvalue weighted by Gasteiger charge is -2.60. The van der Waals surface area contributed by atoms with Crippen molar-refractivity contribution in [3.05, 3.63) is 47.8 Å². The number of nitrogens with one attached hydrogen (secondary N) is 2. The minimum absolute atomic E-state index is 0.0738. The molecule has 2 aromatic rings. The number of fused-ring (bicyclic) bond motifs is 5. The van der Waals surface area contributed by atoms with E-state index in [0.717, 1.165) is 18.5 Å². The Morgan fingerprint density at radius 3 is 2.81 bits per heavy atom. The molecular formula is C28H35N5O2S. The van der Waals surface area contributed by atoms with Crippen LogP contribution in [-0.4, -0.2) is 39.9 Å². The van der Waals surface area contributed by atoms with Gasteiger partial charge in [-0.15, -0.1) is 11.3 Å². The quantitative estimate of drug-likeness (QED) is 0.543. The van der Waals surface area contributed by atoms with Crippen LogP contribution >= 0.6 is 11.3 Å². The zero-order chi connectivity index (χ0) is 25.1. The number of aromatic nitrogens is 2. The SMILES string of the molecule is CN1C(=O)C=C[C@]2(C)[C@H]3CC[C@]4(C)[C@@H](c5csc(NC(=O)Nc6cccnc6)n5)CC[C@H]4[C@@H]3CC[C@@H]12. The number of hydrogen-bond acceptors (Lipinski definition) is 5. The van der Waals surface area contributed by atoms with Gasteiger partial charge < -0.3 is 10.2 Å². The van der Waals surface area contributed by atoms with Crippen LogP contribution in [0, 0.1) is 28.6 Å². The molecule has 0 radical (unpaired) electrons. The lowest BCUT2D eigenvalue weighted by molar-refractivity contribution is -0.138. The second-order valence-electron chi connectivity index (χ2n) is 11.7. The Labute approximate surface area is 216 Å². The third-order valence-electron chi connectivity index (χ3n) is 10.1. The highest BCUT2D eigenvalue weighted by atomic mass is 32.1. The molecule has 3 aliphatic carbocycles. The highest BCUT2D eigenvalue weighted by molar-refractivity contribution is 7.14. The number of carbonyl (C=O) groups excluding carboxylic acids is 2. The number of thiazole rings is 1. The number of urea groups is 1. The number of nitrogens with zero attached hydrogens (tertiary/aromatic N) is 3. The zero-order valence-electron chi connectivity index (χ0n) is 21.2. The summed E-state index contributed by atoms with van der Waals surface area (Å²) in [5.41, 5.74) is 2.09. The van der Waals surface area contributed by atoms with E-state index in [1.54, 1.807) is 18.5 Å². The fourth-order valence-corrected chi connectivity index (χ4v) is 9.18. The van der Waals surface area contributed by atoms with Crippen LogP contribution in [0.1, 0.15) is 64.0 Å². The van der Waals surface area contributed by atoms with Crippen molar-refractivity contribution in [1.82, 2.24) is 14.9 Å². The Balaban J connectivity index is 1.18. The molecule has 7 atom stereocenters. The van der Waals surface area contributed by atoms with Crippen LogP contribution in [0.3, 0.4) is 0 Å². The van der Waals surface area contributed by atoms with Gasteiger partial charge in [0, 0.05) is 36.0 Å². The van der Waals surface area contributed by atoms with E-state index >= 15 is 0 Å². The van der Waals surface area contributed by atoms with E-state index in [-0.39, 0.29) is 22.8 Å². The van der Waals surface area contributed by atoms with Crippen molar-refractivity contribution in [3.8, 4) is 0 Å². The fraction of sp³-hybridized carbons (Fsp3) is 0.571. The standard InChI is InChI=1S/C28H35N5O2S/c1-27-12-10-20-18(6-9-23-28(20,2)13-11-24(34)33(23)3)19(27)7-8-21(27)22-16-36-26(31-22)32-25(35)30-17-5-4-14-29-15-17/h4-5,11,13-16,18-21,23H,6-10,12H2,1-3H3,(H2,30,31,32,35)/t18-,19-,20-,21+,23+,27-,28+/m0/s1. The molecule has 0 saturated heterocycles. The van der Waals surface area contributed by atoms with E-state index in [2.05, 4.69) is 40.9 Å². The summed E-state index contributed by atoms with van der Waals surface area (Å²) in [7, 11) is 1.98. The summed E-state index contributed by atoms with van der Waals surface area (Å²) >= 11 is 1.51. The topological polar surface area (TPSA) is 87.2 Å². The maximum Gasteiger partial charge on any atom is 0.325 e. The molecule has 0 aromatic carbocycles. The molecule has 0 unspecified atom stereocenters. The summed E-state index contributed by atoms with van der Waals surface area (Å²) in [6.45, 7) is 4.89. The van der Waals surface area contributed by atoms with E-state index in [9.17, 15) is 9.59 Å². The lowest BCUT2D eigenvalue weighted by atomic mass is 9.47. The molecule has 4 aliphatic rings. The molecule has 6 rings (SSSR count). The first-order valence-corrected chi connectivity index (χ1v) is 14.1. The Bertz CT molecular complexity index is 1200. The highest BCUT2D eigenvalue weighted by Crippen LogP contribution is 2.67. The van der Waals surface area contributed by atoms with Crippen molar-refractivity contribution in [2.45, 2.75) is 64.3 Å². The van der Waals surface area contributed by atoms with Crippen LogP contribution in [0.4, 0.5) is 15.6 Å². The number of pyridine rings is 1. The lowest BCUT2D eigenvalue weighted by Crippen LogP contribution is -2.59. The van der Waals surface area contributed by atoms with Gasteiger partial charge >= 0.3 is 6.03 Å². The summed E-state index contributed by atoms with van der Waals surface area (Å²) in [5.74, 6) is 2.58. The average molecular weight is 506 g/mol. The van der Waals surface area contributed by atoms with Crippen LogP contribution < -0.4 is 10.6 Å². The van der Waals surface area contributed by atoms with Crippen LogP contribution in [0.25, 0.3) is 0 Å². The number of carbonyl (C=O) groups is 2. The number of anilines is 2. The van der Waals surface area contributed by atoms with Crippen molar-refractivity contribution in [1.29, 1.82) is 0 Å². The van der Waals surface area contributed by atoms with E-state index in [1.165, 1.54) is 37.0 Å². The van der Waals surface area contributed by atoms with Gasteiger partial charge in [-0.25, -0.2) is 9.78 Å². The van der Waals surface area contributed by atoms with Gasteiger partial charge in [0.25, 0.3) is 0 Å². The predicted octanol–water partition coefficient (Wildman–Crippen LogP) is 5.91. The minimum atomic E-state index is -0.297. The summed E-state index contributed by atoms with van der Waals surface area (Å²) in [6, 6.07) is 3.62. The van der Waals surface area contributed by atoms with E-state index < -0.39 is 0 Å². The number of amides is 3. The molecular weight excluding hydrogens is 470 g/mol. The van der Waals surface area contributed by atoms with E-state index in [4.69, 9.17) is 4.98 Å². The molecule has 3 fully saturated rings. The third kappa shape index (κ3) is 3.67. The number of rotatable bonds is 3. The third-order valence-corrected chi connectivity index (χ3v) is 10.9. The maximum absolute atomic E-state index is 12.4. The molecule has 2 aromatic heterocycles. The van der Waals surface area contributed by atoms with Crippen LogP contribution in [0.5, 0.6) is 0 Å². The Hall–Kier alpha value is -2.74. The van der Waals surface area contributed by atoms with Crippen LogP contribution in [0.15, 0.2) is 42.1 Å². The largest absolute Gasteiger partial charge is 0.338 e. The molecule has 7 nitrogen and oxygen atoms in total. The summed E-state index contributed by atoms with van der Waals surface area (Å²) < 4.78 is 0. The van der Waals surface area contributed by atoms with Gasteiger partial charge in [0.15, 0.2) is 5.13 Å². The molecule has 0 spiro atoms. The summed E-state index contributed by atoms with van der Waals surface area (Å²) in [6.07, 6.45) is 14.5. The molecule has 0 bridgehead atoms. The Morgan fingerprint density at radius 1 is 1.14 bits per heavy atom. The first-order chi connectivity index (χ1) is 17.3. The smallest absolute Gasteiger partial charge is 0.325 e. The minimum Gasteiger partial charge on any atom is -0.338 e. The van der Waals surface area contributed by atoms with Crippen molar-refractivity contribution in [3.63, 3.8) is 0 Å². The molecule has 8 heteroatoms. The molecule has 1 aliphatic heterocycles. The summed E-state index contributed by atoms with van der Waals surface area (Å²) in [5, 5.41) is 8.49. The second kappa shape index (κ2) is 8.68. The Kier molecular flexibility index (Phi) is 5.70. The fourth-order valence-electron chi connectivity index (χ4n) is 8.42. The molecule has 36 heavy (non-hydrogen) atoms. The van der Waals surface area contributed by atoms with Gasteiger partial charge in [0.1, 0.15) is 0 Å². The monoisotopic (exact) mass is 505 g/mol. The molecule has 3 heterocycles. The molecule has 190 valence electrons. The maximum atomic E-state index is 12.4. The van der Waals surface area contributed by atoms with Crippen molar-refractivity contribution in [2.24, 2.45) is 28.6 Å². The van der Waals surface area contributed by atoms with Gasteiger partial charge in [-0.05, 0) is 79.9 Å². The normalized spacial score (nSPS) is 37.1. The van der Waals surface area contributed by atoms with Gasteiger partial charge in [-0.1, -0.05) is 19.9 Å². The van der Waals surface area contributed by atoms with Crippen molar-refractivity contribution >= 4 is 34.1 Å². The number of hydrogen-bond donors (Lipinski definition) is 2. The summed E-state index contributed by atoms with van der Waals surface area (Å²) in [4.78, 5) is 35.7. The van der Waals surface area contributed by atoms with E-state index in [0.29, 0.717) is 40.5 Å². The predicted molar refractivity (Wildman–Crippen MR) is 142 cm³/mol. The van der Waals surface area contributed by atoms with Gasteiger partial charge in [-0.2, -0.15) is 0 Å². The Morgan fingerprint density at radius 2 is 2.00 bits per heavy atom. The molecule has 2 N–H and O–H groups in total.